The van der Waals surface area contributed by atoms with Gasteiger partial charge >= 0.3 is 0 Å². The summed E-state index contributed by atoms with van der Waals surface area (Å²) in [7, 11) is 1.54. The number of fused-ring (bicyclic) bond motifs is 1. The summed E-state index contributed by atoms with van der Waals surface area (Å²) in [5.41, 5.74) is 1.04. The molecule has 2 aliphatic rings. The van der Waals surface area contributed by atoms with Crippen LogP contribution in [0.25, 0.3) is 0 Å². The van der Waals surface area contributed by atoms with Gasteiger partial charge in [-0.05, 0) is 30.3 Å². The number of amides is 3. The van der Waals surface area contributed by atoms with Gasteiger partial charge in [0.05, 0.1) is 30.8 Å². The molecule has 168 valence electrons. The molecule has 2 aromatic rings. The molecule has 0 spiro atoms. The normalized spacial score (nSPS) is 24.6. The van der Waals surface area contributed by atoms with E-state index in [9.17, 15) is 14.4 Å². The largest absolute Gasteiger partial charge is 0.495 e. The van der Waals surface area contributed by atoms with Crippen LogP contribution in [-0.2, 0) is 14.4 Å². The van der Waals surface area contributed by atoms with E-state index in [0.29, 0.717) is 27.2 Å². The fourth-order valence-corrected chi connectivity index (χ4v) is 4.46. The van der Waals surface area contributed by atoms with Crippen molar-refractivity contribution in [3.05, 3.63) is 52.5 Å². The monoisotopic (exact) mass is 477 g/mol. The summed E-state index contributed by atoms with van der Waals surface area (Å²) >= 11 is 12.0. The molecule has 0 aromatic heterocycles. The molecular weight excluding hydrogens is 457 g/mol. The molecule has 2 fully saturated rings. The first kappa shape index (κ1) is 22.2. The molecule has 2 aromatic carbocycles. The second kappa shape index (κ2) is 9.23. The van der Waals surface area contributed by atoms with Crippen LogP contribution in [0.1, 0.15) is 6.42 Å². The van der Waals surface area contributed by atoms with Gasteiger partial charge in [0.25, 0.3) is 0 Å². The van der Waals surface area contributed by atoms with Crippen molar-refractivity contribution in [1.29, 1.82) is 0 Å². The van der Waals surface area contributed by atoms with Crippen LogP contribution in [0.4, 0.5) is 11.4 Å². The van der Waals surface area contributed by atoms with Gasteiger partial charge in [-0.15, -0.1) is 0 Å². The van der Waals surface area contributed by atoms with Crippen molar-refractivity contribution < 1.29 is 19.1 Å². The highest BCUT2D eigenvalue weighted by atomic mass is 35.5. The summed E-state index contributed by atoms with van der Waals surface area (Å²) in [6.45, 7) is 0. The molecule has 4 rings (SSSR count). The van der Waals surface area contributed by atoms with Crippen molar-refractivity contribution >= 4 is 52.3 Å². The summed E-state index contributed by atoms with van der Waals surface area (Å²) in [4.78, 5) is 38.3. The molecule has 0 bridgehead atoms. The lowest BCUT2D eigenvalue weighted by atomic mass is 9.81. The molecule has 11 heteroatoms. The molecular formula is C21H21Cl2N5O4. The maximum atomic E-state index is 13.0. The van der Waals surface area contributed by atoms with Crippen molar-refractivity contribution in [2.24, 2.45) is 11.8 Å². The topological polar surface area (TPSA) is 121 Å². The molecule has 2 saturated heterocycles. The molecule has 9 nitrogen and oxygen atoms in total. The summed E-state index contributed by atoms with van der Waals surface area (Å²) in [6.07, 6.45) is -1.55. The summed E-state index contributed by atoms with van der Waals surface area (Å²) in [5.74, 6) is -2.28. The molecule has 4 atom stereocenters. The Hall–Kier alpha value is -3.01. The molecule has 3 amide bonds. The van der Waals surface area contributed by atoms with E-state index < -0.39 is 30.2 Å². The predicted molar refractivity (Wildman–Crippen MR) is 120 cm³/mol. The zero-order valence-electron chi connectivity index (χ0n) is 16.9. The van der Waals surface area contributed by atoms with Gasteiger partial charge in [0.2, 0.25) is 17.7 Å². The van der Waals surface area contributed by atoms with E-state index in [0.717, 1.165) is 0 Å². The van der Waals surface area contributed by atoms with Crippen molar-refractivity contribution in [3.8, 4) is 5.75 Å². The standard InChI is InChI=1S/C21H21Cl2N5O4/c1-32-15-5-3-2-4-14(15)25-21-27-18-17(20(31)28-21)13(9-16(29)26-18)19(30)24-12-7-10(22)6-11(23)8-12/h2-8,13,17-18,21,25,27H,9H2,1H3,(H,24,30)(H,26,29)(H,28,31). The van der Waals surface area contributed by atoms with Crippen LogP contribution in [0.2, 0.25) is 10.0 Å². The van der Waals surface area contributed by atoms with E-state index in [-0.39, 0.29) is 18.2 Å². The number of hydrogen-bond acceptors (Lipinski definition) is 6. The van der Waals surface area contributed by atoms with Crippen molar-refractivity contribution in [3.63, 3.8) is 0 Å². The van der Waals surface area contributed by atoms with Gasteiger partial charge in [0, 0.05) is 22.2 Å². The van der Waals surface area contributed by atoms with Gasteiger partial charge in [-0.1, -0.05) is 35.3 Å². The molecule has 0 saturated carbocycles. The van der Waals surface area contributed by atoms with Gasteiger partial charge in [-0.25, -0.2) is 0 Å². The fourth-order valence-electron chi connectivity index (χ4n) is 3.93. The maximum absolute atomic E-state index is 13.0. The number of halogens is 2. The first-order valence-corrected chi connectivity index (χ1v) is 10.6. The van der Waals surface area contributed by atoms with Crippen molar-refractivity contribution in [2.75, 3.05) is 17.7 Å². The lowest BCUT2D eigenvalue weighted by Crippen LogP contribution is -2.72. The van der Waals surface area contributed by atoms with Crippen LogP contribution in [-0.4, -0.2) is 37.3 Å². The van der Waals surface area contributed by atoms with E-state index in [1.54, 1.807) is 19.2 Å². The van der Waals surface area contributed by atoms with Gasteiger partial charge < -0.3 is 26.0 Å². The highest BCUT2D eigenvalue weighted by molar-refractivity contribution is 6.35. The first-order valence-electron chi connectivity index (χ1n) is 9.86. The third kappa shape index (κ3) is 4.74. The first-order chi connectivity index (χ1) is 15.3. The Morgan fingerprint density at radius 3 is 2.53 bits per heavy atom. The number of methoxy groups -OCH3 is 1. The maximum Gasteiger partial charge on any atom is 0.229 e. The SMILES string of the molecule is COc1ccccc1NC1NC(=O)C2C(NC(=O)CC2C(=O)Nc2cc(Cl)cc(Cl)c2)N1. The van der Waals surface area contributed by atoms with E-state index >= 15 is 0 Å². The van der Waals surface area contributed by atoms with Crippen molar-refractivity contribution in [1.82, 2.24) is 16.0 Å². The third-order valence-electron chi connectivity index (χ3n) is 5.32. The Bertz CT molecular complexity index is 1050. The van der Waals surface area contributed by atoms with E-state index in [1.807, 2.05) is 12.1 Å². The smallest absolute Gasteiger partial charge is 0.229 e. The van der Waals surface area contributed by atoms with Crippen LogP contribution < -0.4 is 31.3 Å². The number of nitrogens with one attached hydrogen (secondary N) is 5. The summed E-state index contributed by atoms with van der Waals surface area (Å²) in [5, 5.41) is 15.2. The Balaban J connectivity index is 1.50. The van der Waals surface area contributed by atoms with E-state index in [2.05, 4.69) is 26.6 Å². The van der Waals surface area contributed by atoms with Crippen LogP contribution in [0, 0.1) is 11.8 Å². The number of carbonyl (C=O) groups excluding carboxylic acids is 3. The Morgan fingerprint density at radius 1 is 1.09 bits per heavy atom. The minimum atomic E-state index is -0.883. The quantitative estimate of drug-likeness (QED) is 0.449. The highest BCUT2D eigenvalue weighted by Crippen LogP contribution is 2.30. The van der Waals surface area contributed by atoms with Gasteiger partial charge in [-0.3, -0.25) is 19.7 Å². The number of ether oxygens (including phenoxy) is 1. The van der Waals surface area contributed by atoms with Crippen LogP contribution in [0.5, 0.6) is 5.75 Å². The van der Waals surface area contributed by atoms with E-state index in [1.165, 1.54) is 18.2 Å². The van der Waals surface area contributed by atoms with Crippen LogP contribution >= 0.6 is 23.2 Å². The molecule has 2 aliphatic heterocycles. The number of para-hydroxylation sites is 2. The lowest BCUT2D eigenvalue weighted by molar-refractivity contribution is -0.144. The molecule has 32 heavy (non-hydrogen) atoms. The van der Waals surface area contributed by atoms with Crippen molar-refractivity contribution in [2.45, 2.75) is 18.9 Å². The highest BCUT2D eigenvalue weighted by Gasteiger charge is 2.48. The number of carbonyl (C=O) groups is 3. The molecule has 5 N–H and O–H groups in total. The number of rotatable bonds is 5. The second-order valence-electron chi connectivity index (χ2n) is 7.48. The average molecular weight is 478 g/mol. The van der Waals surface area contributed by atoms with E-state index in [4.69, 9.17) is 27.9 Å². The summed E-state index contributed by atoms with van der Waals surface area (Å²) < 4.78 is 5.31. The molecule has 4 unspecified atom stereocenters. The zero-order valence-corrected chi connectivity index (χ0v) is 18.5. The Kier molecular flexibility index (Phi) is 6.40. The minimum Gasteiger partial charge on any atom is -0.495 e. The van der Waals surface area contributed by atoms with Crippen LogP contribution in [0.15, 0.2) is 42.5 Å². The molecule has 0 radical (unpaired) electrons. The van der Waals surface area contributed by atoms with Gasteiger partial charge in [-0.2, -0.15) is 0 Å². The number of piperidine rings is 1. The Morgan fingerprint density at radius 2 is 1.81 bits per heavy atom. The Labute approximate surface area is 194 Å². The fraction of sp³-hybridized carbons (Fsp3) is 0.286. The molecule has 0 aliphatic carbocycles. The second-order valence-corrected chi connectivity index (χ2v) is 8.35. The zero-order chi connectivity index (χ0) is 22.8. The minimum absolute atomic E-state index is 0.124. The molecule has 2 heterocycles. The summed E-state index contributed by atoms with van der Waals surface area (Å²) in [6, 6.07) is 11.8. The predicted octanol–water partition coefficient (Wildman–Crippen LogP) is 2.13. The van der Waals surface area contributed by atoms with Gasteiger partial charge in [0.15, 0.2) is 6.29 Å². The lowest BCUT2D eigenvalue weighted by Gasteiger charge is -2.43. The average Bonchev–Trinajstić information content (AvgIpc) is 2.72. The number of anilines is 2. The third-order valence-corrected chi connectivity index (χ3v) is 5.76. The number of hydrogen-bond donors (Lipinski definition) is 5. The number of benzene rings is 2. The van der Waals surface area contributed by atoms with Gasteiger partial charge in [0.1, 0.15) is 5.75 Å². The van der Waals surface area contributed by atoms with Crippen LogP contribution in [0.3, 0.4) is 0 Å².